The molecule has 0 heterocycles. The fourth-order valence-electron chi connectivity index (χ4n) is 7.32. The number of nitrogen functional groups attached to an aromatic ring is 1. The van der Waals surface area contributed by atoms with E-state index in [9.17, 15) is 9.90 Å². The van der Waals surface area contributed by atoms with Crippen molar-refractivity contribution in [3.8, 4) is 16.9 Å². The molecule has 4 bridgehead atoms. The van der Waals surface area contributed by atoms with Crippen molar-refractivity contribution in [3.05, 3.63) is 83.9 Å². The van der Waals surface area contributed by atoms with Crippen LogP contribution < -0.4 is 11.1 Å². The molecule has 0 aromatic heterocycles. The Morgan fingerprint density at radius 2 is 1.51 bits per heavy atom. The molecule has 4 nitrogen and oxygen atoms in total. The topological polar surface area (TPSA) is 75.3 Å². The number of hydrogen-bond acceptors (Lipinski definition) is 3. The van der Waals surface area contributed by atoms with E-state index in [4.69, 9.17) is 5.73 Å². The van der Waals surface area contributed by atoms with Gasteiger partial charge in [0.1, 0.15) is 5.75 Å². The smallest absolute Gasteiger partial charge is 0.248 e. The van der Waals surface area contributed by atoms with Crippen LogP contribution in [-0.2, 0) is 10.2 Å². The number of hydrogen-bond donors (Lipinski definition) is 3. The first-order valence-corrected chi connectivity index (χ1v) is 12.7. The predicted molar refractivity (Wildman–Crippen MR) is 142 cm³/mol. The van der Waals surface area contributed by atoms with Crippen LogP contribution in [0.15, 0.2) is 72.8 Å². The number of phenols is 1. The van der Waals surface area contributed by atoms with Gasteiger partial charge in [0.05, 0.1) is 11.4 Å². The van der Waals surface area contributed by atoms with Gasteiger partial charge in [0.2, 0.25) is 5.91 Å². The molecule has 0 unspecified atom stereocenters. The summed E-state index contributed by atoms with van der Waals surface area (Å²) in [6.45, 7) is 0. The van der Waals surface area contributed by atoms with Crippen molar-refractivity contribution in [2.24, 2.45) is 17.8 Å². The molecule has 35 heavy (non-hydrogen) atoms. The van der Waals surface area contributed by atoms with Crippen molar-refractivity contribution >= 4 is 23.4 Å². The van der Waals surface area contributed by atoms with Crippen LogP contribution in [0.3, 0.4) is 0 Å². The van der Waals surface area contributed by atoms with Crippen LogP contribution in [0.2, 0.25) is 0 Å². The second kappa shape index (κ2) is 8.60. The summed E-state index contributed by atoms with van der Waals surface area (Å²) in [4.78, 5) is 12.3. The van der Waals surface area contributed by atoms with Crippen molar-refractivity contribution in [1.29, 1.82) is 0 Å². The first-order valence-electron chi connectivity index (χ1n) is 12.7. The van der Waals surface area contributed by atoms with Gasteiger partial charge in [-0.05, 0) is 109 Å². The monoisotopic (exact) mass is 464 g/mol. The third-order valence-corrected chi connectivity index (χ3v) is 8.50. The minimum Gasteiger partial charge on any atom is -0.508 e. The molecule has 4 aliphatic carbocycles. The summed E-state index contributed by atoms with van der Waals surface area (Å²) < 4.78 is 0. The molecule has 1 amide bonds. The number of carbonyl (C=O) groups excluding carboxylic acids is 1. The highest BCUT2D eigenvalue weighted by atomic mass is 16.3. The van der Waals surface area contributed by atoms with Gasteiger partial charge in [0.15, 0.2) is 0 Å². The first kappa shape index (κ1) is 22.0. The van der Waals surface area contributed by atoms with Gasteiger partial charge in [-0.1, -0.05) is 42.5 Å². The number of phenolic OH excluding ortho intramolecular Hbond substituents is 1. The molecule has 4 fully saturated rings. The Morgan fingerprint density at radius 1 is 0.886 bits per heavy atom. The number of anilines is 2. The van der Waals surface area contributed by atoms with E-state index in [1.54, 1.807) is 18.2 Å². The molecule has 4 aliphatic rings. The van der Waals surface area contributed by atoms with Crippen molar-refractivity contribution in [1.82, 2.24) is 0 Å². The Kier molecular flexibility index (Phi) is 5.40. The fourth-order valence-corrected chi connectivity index (χ4v) is 7.32. The summed E-state index contributed by atoms with van der Waals surface area (Å²) in [6.07, 6.45) is 11.2. The number of benzene rings is 3. The summed E-state index contributed by atoms with van der Waals surface area (Å²) in [7, 11) is 0. The summed E-state index contributed by atoms with van der Waals surface area (Å²) in [5.41, 5.74) is 11.6. The Morgan fingerprint density at radius 3 is 2.17 bits per heavy atom. The first-order chi connectivity index (χ1) is 17.0. The van der Waals surface area contributed by atoms with Crippen molar-refractivity contribution < 1.29 is 9.90 Å². The number of amides is 1. The van der Waals surface area contributed by atoms with Crippen molar-refractivity contribution in [2.75, 3.05) is 11.1 Å². The van der Waals surface area contributed by atoms with E-state index in [0.29, 0.717) is 17.1 Å². The van der Waals surface area contributed by atoms with E-state index in [1.165, 1.54) is 44.6 Å². The average molecular weight is 465 g/mol. The zero-order valence-electron chi connectivity index (χ0n) is 19.9. The zero-order valence-corrected chi connectivity index (χ0v) is 19.9. The fraction of sp³-hybridized carbons (Fsp3) is 0.323. The molecule has 0 atom stereocenters. The molecular weight excluding hydrogens is 432 g/mol. The van der Waals surface area contributed by atoms with Crippen LogP contribution in [0, 0.1) is 17.8 Å². The molecule has 0 radical (unpaired) electrons. The lowest BCUT2D eigenvalue weighted by atomic mass is 9.48. The molecule has 3 aromatic rings. The number of nitrogens with two attached hydrogens (primary N) is 1. The maximum atomic E-state index is 12.3. The Bertz CT molecular complexity index is 1260. The van der Waals surface area contributed by atoms with Crippen LogP contribution in [0.1, 0.15) is 49.7 Å². The molecule has 4 heteroatoms. The number of nitrogens with one attached hydrogen (secondary N) is 1. The third kappa shape index (κ3) is 4.22. The molecule has 4 N–H and O–H groups in total. The number of rotatable bonds is 5. The number of aromatic hydroxyl groups is 1. The molecule has 7 rings (SSSR count). The molecule has 4 saturated carbocycles. The van der Waals surface area contributed by atoms with E-state index in [2.05, 4.69) is 23.5 Å². The number of carbonyl (C=O) groups is 1. The second-order valence-corrected chi connectivity index (χ2v) is 11.0. The second-order valence-electron chi connectivity index (χ2n) is 11.0. The lowest BCUT2D eigenvalue weighted by molar-refractivity contribution is -0.111. The number of para-hydroxylation sites is 2. The van der Waals surface area contributed by atoms with Crippen LogP contribution in [0.5, 0.6) is 5.75 Å². The Labute approximate surface area is 206 Å². The van der Waals surface area contributed by atoms with Crippen LogP contribution in [-0.4, -0.2) is 11.0 Å². The Hall–Kier alpha value is -3.53. The summed E-state index contributed by atoms with van der Waals surface area (Å²) in [6, 6.07) is 21.6. The predicted octanol–water partition coefficient (Wildman–Crippen LogP) is 6.76. The van der Waals surface area contributed by atoms with Gasteiger partial charge in [-0.3, -0.25) is 4.79 Å². The van der Waals surface area contributed by atoms with Gasteiger partial charge >= 0.3 is 0 Å². The van der Waals surface area contributed by atoms with Crippen LogP contribution in [0.25, 0.3) is 17.2 Å². The summed E-state index contributed by atoms with van der Waals surface area (Å²) in [5, 5.41) is 13.7. The van der Waals surface area contributed by atoms with Gasteiger partial charge in [-0.15, -0.1) is 0 Å². The minimum absolute atomic E-state index is 0.160. The molecule has 0 aliphatic heterocycles. The third-order valence-electron chi connectivity index (χ3n) is 8.50. The standard InChI is InChI=1S/C31H32N2O2/c32-27-3-1-2-4-28(27)33-30(35)12-7-20-5-8-24(9-6-20)25-10-11-29(34)26(16-25)31-17-21-13-22(18-31)15-23(14-21)19-31/h1-12,16,21-23,34H,13-15,17-19,32H2,(H,33,35)/b12-7+. The lowest BCUT2D eigenvalue weighted by Gasteiger charge is -2.57. The van der Waals surface area contributed by atoms with Gasteiger partial charge in [0, 0.05) is 11.6 Å². The van der Waals surface area contributed by atoms with Gasteiger partial charge in [0.25, 0.3) is 0 Å². The molecular formula is C31H32N2O2. The summed E-state index contributed by atoms with van der Waals surface area (Å²) >= 11 is 0. The molecule has 3 aromatic carbocycles. The maximum absolute atomic E-state index is 12.3. The van der Waals surface area contributed by atoms with Gasteiger partial charge in [-0.2, -0.15) is 0 Å². The van der Waals surface area contributed by atoms with Crippen LogP contribution in [0.4, 0.5) is 11.4 Å². The highest BCUT2D eigenvalue weighted by Gasteiger charge is 2.52. The lowest BCUT2D eigenvalue weighted by Crippen LogP contribution is -2.48. The zero-order chi connectivity index (χ0) is 24.0. The normalized spacial score (nSPS) is 26.8. The van der Waals surface area contributed by atoms with Crippen LogP contribution >= 0.6 is 0 Å². The largest absolute Gasteiger partial charge is 0.508 e. The van der Waals surface area contributed by atoms with E-state index in [-0.39, 0.29) is 11.3 Å². The minimum atomic E-state index is -0.217. The maximum Gasteiger partial charge on any atom is 0.248 e. The summed E-state index contributed by atoms with van der Waals surface area (Å²) in [5.74, 6) is 2.76. The SMILES string of the molecule is Nc1ccccc1NC(=O)/C=C/c1ccc(-c2ccc(O)c(C34CC5CC(CC(C5)C3)C4)c2)cc1. The van der Waals surface area contributed by atoms with E-state index in [0.717, 1.165) is 40.0 Å². The van der Waals surface area contributed by atoms with Crippen molar-refractivity contribution in [3.63, 3.8) is 0 Å². The highest BCUT2D eigenvalue weighted by molar-refractivity contribution is 6.03. The van der Waals surface area contributed by atoms with E-state index < -0.39 is 0 Å². The molecule has 0 spiro atoms. The quantitative estimate of drug-likeness (QED) is 0.288. The van der Waals surface area contributed by atoms with Gasteiger partial charge in [-0.25, -0.2) is 0 Å². The molecule has 0 saturated heterocycles. The van der Waals surface area contributed by atoms with E-state index >= 15 is 0 Å². The molecule has 178 valence electrons. The average Bonchev–Trinajstić information content (AvgIpc) is 2.84. The van der Waals surface area contributed by atoms with E-state index in [1.807, 2.05) is 36.4 Å². The highest BCUT2D eigenvalue weighted by Crippen LogP contribution is 2.62. The Balaban J connectivity index is 1.19. The van der Waals surface area contributed by atoms with Crippen molar-refractivity contribution in [2.45, 2.75) is 43.9 Å². The van der Waals surface area contributed by atoms with Gasteiger partial charge < -0.3 is 16.2 Å².